The van der Waals surface area contributed by atoms with Crippen LogP contribution in [0.4, 0.5) is 17.5 Å². The van der Waals surface area contributed by atoms with Crippen LogP contribution in [0.15, 0.2) is 30.3 Å². The van der Waals surface area contributed by atoms with Crippen molar-refractivity contribution in [3.05, 3.63) is 47.2 Å². The lowest BCUT2D eigenvalue weighted by atomic mass is 10.1. The molecule has 1 atom stereocenters. The molecular weight excluding hydrogens is 324 g/mol. The van der Waals surface area contributed by atoms with Crippen LogP contribution >= 0.6 is 0 Å². The van der Waals surface area contributed by atoms with Crippen LogP contribution in [-0.2, 0) is 0 Å². The Hall–Kier alpha value is -2.89. The number of aromatic amines is 1. The predicted octanol–water partition coefficient (Wildman–Crippen LogP) is 4.75. The molecule has 0 fully saturated rings. The molecule has 2 aromatic heterocycles. The number of rotatable bonds is 6. The maximum Gasteiger partial charge on any atom is 0.164 e. The van der Waals surface area contributed by atoms with Gasteiger partial charge in [0.2, 0.25) is 0 Å². The lowest BCUT2D eigenvalue weighted by molar-refractivity contribution is 0.759. The molecule has 0 aliphatic heterocycles. The van der Waals surface area contributed by atoms with Crippen molar-refractivity contribution in [2.75, 3.05) is 10.6 Å². The third kappa shape index (κ3) is 4.20. The van der Waals surface area contributed by atoms with Crippen molar-refractivity contribution in [3.63, 3.8) is 0 Å². The molecule has 3 aromatic rings. The number of aryl methyl sites for hydroxylation is 3. The lowest BCUT2D eigenvalue weighted by Gasteiger charge is -2.15. The highest BCUT2D eigenvalue weighted by molar-refractivity contribution is 5.67. The second kappa shape index (κ2) is 7.56. The number of nitrogens with zero attached hydrogens (tertiary/aromatic N) is 3. The van der Waals surface area contributed by atoms with Crippen molar-refractivity contribution < 1.29 is 0 Å². The van der Waals surface area contributed by atoms with Gasteiger partial charge in [-0.25, -0.2) is 9.97 Å². The van der Waals surface area contributed by atoms with E-state index < -0.39 is 0 Å². The minimum atomic E-state index is 0.330. The molecule has 0 aliphatic rings. The van der Waals surface area contributed by atoms with Gasteiger partial charge in [-0.2, -0.15) is 5.10 Å². The van der Waals surface area contributed by atoms with E-state index in [9.17, 15) is 0 Å². The van der Waals surface area contributed by atoms with Gasteiger partial charge < -0.3 is 10.6 Å². The van der Waals surface area contributed by atoms with Crippen molar-refractivity contribution >= 4 is 17.5 Å². The summed E-state index contributed by atoms with van der Waals surface area (Å²) in [5.41, 5.74) is 4.37. The summed E-state index contributed by atoms with van der Waals surface area (Å²) in [6.07, 6.45) is 1.02. The van der Waals surface area contributed by atoms with Crippen LogP contribution in [0.25, 0.3) is 11.4 Å². The summed E-state index contributed by atoms with van der Waals surface area (Å²) >= 11 is 0. The van der Waals surface area contributed by atoms with Crippen LogP contribution in [0.1, 0.15) is 37.1 Å². The highest BCUT2D eigenvalue weighted by Crippen LogP contribution is 2.26. The zero-order valence-corrected chi connectivity index (χ0v) is 16.0. The zero-order valence-electron chi connectivity index (χ0n) is 16.0. The van der Waals surface area contributed by atoms with Crippen molar-refractivity contribution in [1.29, 1.82) is 0 Å². The molecule has 6 nitrogen and oxygen atoms in total. The fraction of sp³-hybridized carbons (Fsp3) is 0.350. The standard InChI is InChI=1S/C20H26N6/c1-6-14(4)21-17-11-18(22-19-10-15(5)25-26-19)24-20(23-17)16-9-12(2)7-8-13(16)3/h7-11,14H,6H2,1-5H3,(H3,21,22,23,24,25,26). The molecule has 0 amide bonds. The van der Waals surface area contributed by atoms with E-state index in [0.29, 0.717) is 17.7 Å². The molecule has 1 unspecified atom stereocenters. The monoisotopic (exact) mass is 350 g/mol. The minimum absolute atomic E-state index is 0.330. The van der Waals surface area contributed by atoms with Gasteiger partial charge in [-0.3, -0.25) is 5.10 Å². The first kappa shape index (κ1) is 17.9. The largest absolute Gasteiger partial charge is 0.367 e. The minimum Gasteiger partial charge on any atom is -0.367 e. The van der Waals surface area contributed by atoms with E-state index in [4.69, 9.17) is 9.97 Å². The number of H-pyrrole nitrogens is 1. The molecular formula is C20H26N6. The summed E-state index contributed by atoms with van der Waals surface area (Å²) in [6, 6.07) is 10.5. The number of benzene rings is 1. The molecule has 0 aliphatic carbocycles. The normalized spacial score (nSPS) is 12.0. The van der Waals surface area contributed by atoms with Crippen molar-refractivity contribution in [2.45, 2.75) is 47.1 Å². The van der Waals surface area contributed by atoms with Gasteiger partial charge in [0.25, 0.3) is 0 Å². The zero-order chi connectivity index (χ0) is 18.7. The molecule has 0 saturated heterocycles. The smallest absolute Gasteiger partial charge is 0.164 e. The molecule has 0 spiro atoms. The Balaban J connectivity index is 2.03. The van der Waals surface area contributed by atoms with E-state index in [-0.39, 0.29) is 0 Å². The van der Waals surface area contributed by atoms with Crippen LogP contribution in [-0.4, -0.2) is 26.2 Å². The first-order chi connectivity index (χ1) is 12.4. The Bertz CT molecular complexity index is 899. The second-order valence-electron chi connectivity index (χ2n) is 6.80. The van der Waals surface area contributed by atoms with E-state index >= 15 is 0 Å². The van der Waals surface area contributed by atoms with Crippen LogP contribution in [0.5, 0.6) is 0 Å². The van der Waals surface area contributed by atoms with Gasteiger partial charge in [-0.05, 0) is 45.7 Å². The van der Waals surface area contributed by atoms with Gasteiger partial charge in [-0.15, -0.1) is 0 Å². The third-order valence-corrected chi connectivity index (χ3v) is 4.33. The summed E-state index contributed by atoms with van der Waals surface area (Å²) in [5.74, 6) is 2.96. The summed E-state index contributed by atoms with van der Waals surface area (Å²) in [7, 11) is 0. The van der Waals surface area contributed by atoms with Crippen LogP contribution in [0.2, 0.25) is 0 Å². The summed E-state index contributed by atoms with van der Waals surface area (Å²) < 4.78 is 0. The molecule has 0 bridgehead atoms. The van der Waals surface area contributed by atoms with Gasteiger partial charge in [0, 0.05) is 29.4 Å². The molecule has 0 saturated carbocycles. The fourth-order valence-electron chi connectivity index (χ4n) is 2.65. The Morgan fingerprint density at radius 3 is 2.46 bits per heavy atom. The third-order valence-electron chi connectivity index (χ3n) is 4.33. The molecule has 1 aromatic carbocycles. The highest BCUT2D eigenvalue weighted by atomic mass is 15.2. The maximum absolute atomic E-state index is 4.75. The Kier molecular flexibility index (Phi) is 5.21. The van der Waals surface area contributed by atoms with Crippen molar-refractivity contribution in [1.82, 2.24) is 20.2 Å². The van der Waals surface area contributed by atoms with Gasteiger partial charge in [0.05, 0.1) is 0 Å². The molecule has 3 N–H and O–H groups in total. The van der Waals surface area contributed by atoms with E-state index in [0.717, 1.165) is 34.9 Å². The van der Waals surface area contributed by atoms with E-state index in [1.807, 2.05) is 19.1 Å². The SMILES string of the molecule is CCC(C)Nc1cc(Nc2cc(C)[nH]n2)nc(-c2cc(C)ccc2C)n1. The predicted molar refractivity (Wildman–Crippen MR) is 107 cm³/mol. The van der Waals surface area contributed by atoms with Crippen LogP contribution < -0.4 is 10.6 Å². The fourth-order valence-corrected chi connectivity index (χ4v) is 2.65. The summed E-state index contributed by atoms with van der Waals surface area (Å²) in [5, 5.41) is 13.9. The number of nitrogens with one attached hydrogen (secondary N) is 3. The molecule has 6 heteroatoms. The molecule has 136 valence electrons. The first-order valence-electron chi connectivity index (χ1n) is 8.97. The highest BCUT2D eigenvalue weighted by Gasteiger charge is 2.12. The van der Waals surface area contributed by atoms with E-state index in [2.05, 4.69) is 66.7 Å². The molecule has 26 heavy (non-hydrogen) atoms. The van der Waals surface area contributed by atoms with Gasteiger partial charge in [-0.1, -0.05) is 24.6 Å². The Morgan fingerprint density at radius 2 is 1.77 bits per heavy atom. The van der Waals surface area contributed by atoms with Gasteiger partial charge >= 0.3 is 0 Å². The Morgan fingerprint density at radius 1 is 1.00 bits per heavy atom. The second-order valence-corrected chi connectivity index (χ2v) is 6.80. The topological polar surface area (TPSA) is 78.5 Å². The average Bonchev–Trinajstić information content (AvgIpc) is 3.01. The van der Waals surface area contributed by atoms with Gasteiger partial charge in [0.15, 0.2) is 11.6 Å². The Labute approximate surface area is 154 Å². The van der Waals surface area contributed by atoms with E-state index in [1.54, 1.807) is 0 Å². The summed E-state index contributed by atoms with van der Waals surface area (Å²) in [4.78, 5) is 9.48. The first-order valence-corrected chi connectivity index (χ1v) is 8.97. The molecule has 2 heterocycles. The molecule has 0 radical (unpaired) electrons. The average molecular weight is 350 g/mol. The number of aromatic nitrogens is 4. The quantitative estimate of drug-likeness (QED) is 0.598. The van der Waals surface area contributed by atoms with Crippen LogP contribution in [0, 0.1) is 20.8 Å². The maximum atomic E-state index is 4.75. The van der Waals surface area contributed by atoms with Crippen LogP contribution in [0.3, 0.4) is 0 Å². The van der Waals surface area contributed by atoms with Crippen molar-refractivity contribution in [2.24, 2.45) is 0 Å². The molecule has 3 rings (SSSR count). The lowest BCUT2D eigenvalue weighted by Crippen LogP contribution is -2.15. The number of hydrogen-bond donors (Lipinski definition) is 3. The number of hydrogen-bond acceptors (Lipinski definition) is 5. The van der Waals surface area contributed by atoms with Crippen molar-refractivity contribution in [3.8, 4) is 11.4 Å². The number of anilines is 3. The summed E-state index contributed by atoms with van der Waals surface area (Å²) in [6.45, 7) is 10.4. The van der Waals surface area contributed by atoms with E-state index in [1.165, 1.54) is 5.56 Å². The van der Waals surface area contributed by atoms with Gasteiger partial charge in [0.1, 0.15) is 11.6 Å².